The minimum Gasteiger partial charge on any atom is -0.270 e. The second-order valence-electron chi connectivity index (χ2n) is 3.80. The molecule has 1 aromatic rings. The van der Waals surface area contributed by atoms with E-state index in [-0.39, 0.29) is 11.8 Å². The lowest BCUT2D eigenvalue weighted by Crippen LogP contribution is -2.29. The highest BCUT2D eigenvalue weighted by atomic mass is 19.1. The lowest BCUT2D eigenvalue weighted by Gasteiger charge is -2.10. The van der Waals surface area contributed by atoms with Crippen LogP contribution in [0, 0.1) is 5.95 Å². The number of pyridine rings is 1. The molecule has 0 aromatic carbocycles. The van der Waals surface area contributed by atoms with Gasteiger partial charge in [0.25, 0.3) is 5.91 Å². The normalized spacial score (nSPS) is 16.3. The predicted octanol–water partition coefficient (Wildman–Crippen LogP) is 1.82. The maximum absolute atomic E-state index is 12.7. The van der Waals surface area contributed by atoms with Crippen LogP contribution in [0.15, 0.2) is 18.2 Å². The minimum absolute atomic E-state index is 0.0259. The van der Waals surface area contributed by atoms with Crippen LogP contribution in [0.2, 0.25) is 0 Å². The van der Waals surface area contributed by atoms with E-state index in [1.165, 1.54) is 18.2 Å². The van der Waals surface area contributed by atoms with Crippen LogP contribution in [0.1, 0.15) is 36.2 Å². The molecule has 1 saturated carbocycles. The van der Waals surface area contributed by atoms with Gasteiger partial charge in [-0.2, -0.15) is 4.39 Å². The molecule has 0 unspecified atom stereocenters. The zero-order valence-corrected chi connectivity index (χ0v) is 8.78. The second-order valence-corrected chi connectivity index (χ2v) is 3.80. The fourth-order valence-corrected chi connectivity index (χ4v) is 1.73. The number of hydroxylamine groups is 1. The van der Waals surface area contributed by atoms with Crippen molar-refractivity contribution in [3.8, 4) is 0 Å². The molecule has 1 aliphatic carbocycles. The summed E-state index contributed by atoms with van der Waals surface area (Å²) in [5.74, 6) is -1.18. The molecule has 2 rings (SSSR count). The fourth-order valence-electron chi connectivity index (χ4n) is 1.73. The van der Waals surface area contributed by atoms with Gasteiger partial charge >= 0.3 is 0 Å². The minimum atomic E-state index is -0.673. The van der Waals surface area contributed by atoms with E-state index in [1.54, 1.807) is 0 Å². The SMILES string of the molecule is O=C(NOC1CCCC1)c1cccc(F)n1. The van der Waals surface area contributed by atoms with Crippen LogP contribution >= 0.6 is 0 Å². The Bertz CT molecular complexity index is 378. The van der Waals surface area contributed by atoms with Crippen molar-refractivity contribution in [1.82, 2.24) is 10.5 Å². The van der Waals surface area contributed by atoms with Crippen molar-refractivity contribution in [1.29, 1.82) is 0 Å². The van der Waals surface area contributed by atoms with Crippen LogP contribution in [-0.4, -0.2) is 17.0 Å². The third-order valence-corrected chi connectivity index (χ3v) is 2.57. The summed E-state index contributed by atoms with van der Waals surface area (Å²) in [5.41, 5.74) is 2.33. The van der Waals surface area contributed by atoms with Gasteiger partial charge in [-0.25, -0.2) is 10.5 Å². The number of nitrogens with zero attached hydrogens (tertiary/aromatic N) is 1. The summed E-state index contributed by atoms with van der Waals surface area (Å²) in [6, 6.07) is 4.07. The van der Waals surface area contributed by atoms with E-state index in [0.29, 0.717) is 0 Å². The molecule has 1 aromatic heterocycles. The summed E-state index contributed by atoms with van der Waals surface area (Å²) in [7, 11) is 0. The van der Waals surface area contributed by atoms with E-state index < -0.39 is 11.9 Å². The van der Waals surface area contributed by atoms with Gasteiger partial charge in [0.15, 0.2) is 0 Å². The zero-order chi connectivity index (χ0) is 11.4. The van der Waals surface area contributed by atoms with Crippen molar-refractivity contribution >= 4 is 5.91 Å². The first kappa shape index (κ1) is 11.0. The van der Waals surface area contributed by atoms with Gasteiger partial charge in [-0.15, -0.1) is 0 Å². The van der Waals surface area contributed by atoms with Crippen molar-refractivity contribution in [3.05, 3.63) is 29.8 Å². The standard InChI is InChI=1S/C11H13FN2O2/c12-10-7-3-6-9(13-10)11(15)14-16-8-4-1-2-5-8/h3,6-8H,1-2,4-5H2,(H,14,15). The molecular weight excluding hydrogens is 211 g/mol. The van der Waals surface area contributed by atoms with Gasteiger partial charge in [-0.1, -0.05) is 18.9 Å². The molecule has 1 aliphatic rings. The summed E-state index contributed by atoms with van der Waals surface area (Å²) < 4.78 is 12.7. The Morgan fingerprint density at radius 1 is 1.44 bits per heavy atom. The molecule has 1 amide bonds. The van der Waals surface area contributed by atoms with Crippen LogP contribution < -0.4 is 5.48 Å². The fraction of sp³-hybridized carbons (Fsp3) is 0.455. The van der Waals surface area contributed by atoms with E-state index in [0.717, 1.165) is 25.7 Å². The van der Waals surface area contributed by atoms with Crippen LogP contribution in [-0.2, 0) is 4.84 Å². The molecule has 0 atom stereocenters. The van der Waals surface area contributed by atoms with Gasteiger partial charge in [0.2, 0.25) is 5.95 Å². The average molecular weight is 224 g/mol. The molecular formula is C11H13FN2O2. The monoisotopic (exact) mass is 224 g/mol. The number of carbonyl (C=O) groups excluding carboxylic acids is 1. The Balaban J connectivity index is 1.87. The van der Waals surface area contributed by atoms with Gasteiger partial charge in [0.05, 0.1) is 6.10 Å². The number of hydrogen-bond acceptors (Lipinski definition) is 3. The molecule has 0 saturated heterocycles. The van der Waals surface area contributed by atoms with Gasteiger partial charge in [0, 0.05) is 0 Å². The molecule has 0 bridgehead atoms. The van der Waals surface area contributed by atoms with Gasteiger partial charge in [-0.05, 0) is 25.0 Å². The highest BCUT2D eigenvalue weighted by molar-refractivity contribution is 5.91. The van der Waals surface area contributed by atoms with Crippen LogP contribution in [0.3, 0.4) is 0 Å². The Hall–Kier alpha value is -1.49. The summed E-state index contributed by atoms with van der Waals surface area (Å²) in [6.45, 7) is 0. The van der Waals surface area contributed by atoms with Gasteiger partial charge < -0.3 is 0 Å². The number of carbonyl (C=O) groups is 1. The van der Waals surface area contributed by atoms with E-state index in [9.17, 15) is 9.18 Å². The summed E-state index contributed by atoms with van der Waals surface area (Å²) in [4.78, 5) is 20.1. The molecule has 86 valence electrons. The number of aromatic nitrogens is 1. The lowest BCUT2D eigenvalue weighted by atomic mass is 10.3. The summed E-state index contributed by atoms with van der Waals surface area (Å²) in [5, 5.41) is 0. The topological polar surface area (TPSA) is 51.2 Å². The first-order chi connectivity index (χ1) is 7.75. The smallest absolute Gasteiger partial charge is 0.270 e. The first-order valence-corrected chi connectivity index (χ1v) is 5.34. The van der Waals surface area contributed by atoms with Crippen molar-refractivity contribution in [3.63, 3.8) is 0 Å². The van der Waals surface area contributed by atoms with E-state index in [4.69, 9.17) is 4.84 Å². The Kier molecular flexibility index (Phi) is 3.46. The molecule has 0 spiro atoms. The van der Waals surface area contributed by atoms with Crippen LogP contribution in [0.25, 0.3) is 0 Å². The second kappa shape index (κ2) is 5.03. The average Bonchev–Trinajstić information content (AvgIpc) is 2.78. The third kappa shape index (κ3) is 2.76. The largest absolute Gasteiger partial charge is 0.293 e. The number of nitrogens with one attached hydrogen (secondary N) is 1. The van der Waals surface area contributed by atoms with Crippen LogP contribution in [0.4, 0.5) is 4.39 Å². The van der Waals surface area contributed by atoms with Crippen LogP contribution in [0.5, 0.6) is 0 Å². The lowest BCUT2D eigenvalue weighted by molar-refractivity contribution is -0.0128. The Morgan fingerprint density at radius 3 is 2.88 bits per heavy atom. The summed E-state index contributed by atoms with van der Waals surface area (Å²) >= 11 is 0. The molecule has 16 heavy (non-hydrogen) atoms. The molecule has 0 aliphatic heterocycles. The first-order valence-electron chi connectivity index (χ1n) is 5.34. The number of rotatable bonds is 3. The highest BCUT2D eigenvalue weighted by Crippen LogP contribution is 2.19. The molecule has 1 N–H and O–H groups in total. The predicted molar refractivity (Wildman–Crippen MR) is 55.0 cm³/mol. The Labute approximate surface area is 92.8 Å². The van der Waals surface area contributed by atoms with Crippen molar-refractivity contribution in [2.75, 3.05) is 0 Å². The molecule has 4 nitrogen and oxygen atoms in total. The number of hydrogen-bond donors (Lipinski definition) is 1. The van der Waals surface area contributed by atoms with E-state index >= 15 is 0 Å². The molecule has 1 fully saturated rings. The van der Waals surface area contributed by atoms with E-state index in [2.05, 4.69) is 10.5 Å². The molecule has 0 radical (unpaired) electrons. The third-order valence-electron chi connectivity index (χ3n) is 2.57. The maximum Gasteiger partial charge on any atom is 0.293 e. The van der Waals surface area contributed by atoms with Crippen molar-refractivity contribution < 1.29 is 14.0 Å². The molecule has 1 heterocycles. The van der Waals surface area contributed by atoms with Crippen molar-refractivity contribution in [2.45, 2.75) is 31.8 Å². The Morgan fingerprint density at radius 2 is 2.19 bits per heavy atom. The molecule has 5 heteroatoms. The zero-order valence-electron chi connectivity index (χ0n) is 8.78. The summed E-state index contributed by atoms with van der Waals surface area (Å²) in [6.07, 6.45) is 4.24. The number of halogens is 1. The maximum atomic E-state index is 12.7. The quantitative estimate of drug-likeness (QED) is 0.629. The van der Waals surface area contributed by atoms with Crippen molar-refractivity contribution in [2.24, 2.45) is 0 Å². The highest BCUT2D eigenvalue weighted by Gasteiger charge is 2.17. The van der Waals surface area contributed by atoms with Gasteiger partial charge in [0.1, 0.15) is 5.69 Å². The van der Waals surface area contributed by atoms with E-state index in [1.807, 2.05) is 0 Å². The van der Waals surface area contributed by atoms with Gasteiger partial charge in [-0.3, -0.25) is 9.63 Å². The number of amides is 1.